The summed E-state index contributed by atoms with van der Waals surface area (Å²) in [7, 11) is 0. The lowest BCUT2D eigenvalue weighted by molar-refractivity contribution is -0.384. The molecule has 0 saturated carbocycles. The van der Waals surface area contributed by atoms with Crippen molar-refractivity contribution in [3.63, 3.8) is 0 Å². The fraction of sp³-hybridized carbons (Fsp3) is 0.222. The number of rotatable bonds is 8. The maximum Gasteiger partial charge on any atom is 0.269 e. The average molecular weight is 500 g/mol. The molecule has 0 fully saturated rings. The zero-order chi connectivity index (χ0) is 24.9. The number of nitro groups is 1. The summed E-state index contributed by atoms with van der Waals surface area (Å²) in [6.45, 7) is 1.45. The van der Waals surface area contributed by atoms with Gasteiger partial charge in [-0.25, -0.2) is 0 Å². The van der Waals surface area contributed by atoms with Crippen LogP contribution in [0.5, 0.6) is 0 Å². The van der Waals surface area contributed by atoms with E-state index < -0.39 is 4.92 Å². The molecule has 0 saturated heterocycles. The molecule has 4 aromatic rings. The molecule has 3 aromatic carbocycles. The van der Waals surface area contributed by atoms with Crippen LogP contribution < -0.4 is 0 Å². The molecule has 36 heavy (non-hydrogen) atoms. The Bertz CT molecular complexity index is 1370. The molecule has 0 unspecified atom stereocenters. The summed E-state index contributed by atoms with van der Waals surface area (Å²) >= 11 is 1.55. The number of hydrogen-bond acceptors (Lipinski definition) is 6. The molecule has 0 aliphatic carbocycles. The van der Waals surface area contributed by atoms with Crippen LogP contribution in [0.4, 0.5) is 5.69 Å². The van der Waals surface area contributed by atoms with Crippen molar-refractivity contribution in [3.05, 3.63) is 100 Å². The Hall–Kier alpha value is -3.98. The SMILES string of the molecule is O=C(CCCSc1nnc(-c2ccc([N+](=O)[O-])cc2)n1-c1ccccc1)N1CCc2ccccc2C1. The highest BCUT2D eigenvalue weighted by molar-refractivity contribution is 7.99. The summed E-state index contributed by atoms with van der Waals surface area (Å²) in [6, 6.07) is 24.4. The molecule has 1 aliphatic heterocycles. The Morgan fingerprint density at radius 1 is 0.944 bits per heavy atom. The zero-order valence-corrected chi connectivity index (χ0v) is 20.4. The minimum Gasteiger partial charge on any atom is -0.338 e. The highest BCUT2D eigenvalue weighted by Crippen LogP contribution is 2.29. The van der Waals surface area contributed by atoms with E-state index >= 15 is 0 Å². The van der Waals surface area contributed by atoms with Crippen molar-refractivity contribution in [1.82, 2.24) is 19.7 Å². The first kappa shape index (κ1) is 23.7. The standard InChI is InChI=1S/C27H25N5O3S/c33-25(30-17-16-20-7-4-5-8-22(20)19-30)11-6-18-36-27-29-28-26(31(27)23-9-2-1-3-10-23)21-12-14-24(15-13-21)32(34)35/h1-5,7-10,12-15H,6,11,16-19H2. The molecule has 0 bridgehead atoms. The Morgan fingerprint density at radius 3 is 2.42 bits per heavy atom. The van der Waals surface area contributed by atoms with Crippen LogP contribution in [0, 0.1) is 10.1 Å². The maximum absolute atomic E-state index is 12.8. The Kier molecular flexibility index (Phi) is 7.08. The van der Waals surface area contributed by atoms with Gasteiger partial charge >= 0.3 is 0 Å². The first-order valence-electron chi connectivity index (χ1n) is 11.8. The minimum atomic E-state index is -0.420. The quantitative estimate of drug-likeness (QED) is 0.141. The molecule has 182 valence electrons. The molecule has 2 heterocycles. The number of hydrogen-bond donors (Lipinski definition) is 0. The molecule has 9 heteroatoms. The van der Waals surface area contributed by atoms with Gasteiger partial charge in [0.25, 0.3) is 5.69 Å². The van der Waals surface area contributed by atoms with Crippen LogP contribution in [-0.4, -0.2) is 42.8 Å². The fourth-order valence-electron chi connectivity index (χ4n) is 4.35. The second kappa shape index (κ2) is 10.7. The van der Waals surface area contributed by atoms with Gasteiger partial charge in [-0.2, -0.15) is 0 Å². The van der Waals surface area contributed by atoms with Gasteiger partial charge < -0.3 is 4.90 Å². The van der Waals surface area contributed by atoms with Crippen LogP contribution in [0.1, 0.15) is 24.0 Å². The first-order chi connectivity index (χ1) is 17.6. The van der Waals surface area contributed by atoms with Gasteiger partial charge in [-0.05, 0) is 48.2 Å². The Balaban J connectivity index is 1.26. The van der Waals surface area contributed by atoms with Gasteiger partial charge in [-0.15, -0.1) is 10.2 Å². The topological polar surface area (TPSA) is 94.2 Å². The fourth-order valence-corrected chi connectivity index (χ4v) is 5.24. The van der Waals surface area contributed by atoms with Crippen molar-refractivity contribution in [3.8, 4) is 17.1 Å². The van der Waals surface area contributed by atoms with Crippen LogP contribution in [-0.2, 0) is 17.8 Å². The van der Waals surface area contributed by atoms with E-state index in [9.17, 15) is 14.9 Å². The van der Waals surface area contributed by atoms with Crippen LogP contribution in [0.25, 0.3) is 17.1 Å². The molecule has 1 amide bonds. The number of thioether (sulfide) groups is 1. The van der Waals surface area contributed by atoms with E-state index in [1.165, 1.54) is 23.3 Å². The molecule has 0 spiro atoms. The van der Waals surface area contributed by atoms with Crippen molar-refractivity contribution >= 4 is 23.4 Å². The van der Waals surface area contributed by atoms with Crippen molar-refractivity contribution in [1.29, 1.82) is 0 Å². The summed E-state index contributed by atoms with van der Waals surface area (Å²) in [6.07, 6.45) is 2.13. The Labute approximate surface area is 213 Å². The van der Waals surface area contributed by atoms with Crippen LogP contribution in [0.15, 0.2) is 84.0 Å². The molecule has 5 rings (SSSR count). The van der Waals surface area contributed by atoms with E-state index in [1.807, 2.05) is 45.9 Å². The number of non-ortho nitro benzene ring substituents is 1. The maximum atomic E-state index is 12.8. The molecule has 0 N–H and O–H groups in total. The highest BCUT2D eigenvalue weighted by atomic mass is 32.2. The molecule has 8 nitrogen and oxygen atoms in total. The van der Waals surface area contributed by atoms with Crippen molar-refractivity contribution in [2.24, 2.45) is 0 Å². The molecule has 0 radical (unpaired) electrons. The number of nitrogens with zero attached hydrogens (tertiary/aromatic N) is 5. The van der Waals surface area contributed by atoms with Crippen molar-refractivity contribution in [2.75, 3.05) is 12.3 Å². The summed E-state index contributed by atoms with van der Waals surface area (Å²) in [5.41, 5.74) is 4.24. The molecule has 0 atom stereocenters. The lowest BCUT2D eigenvalue weighted by Crippen LogP contribution is -2.35. The van der Waals surface area contributed by atoms with Crippen molar-refractivity contribution in [2.45, 2.75) is 31.0 Å². The van der Waals surface area contributed by atoms with Gasteiger partial charge in [0.1, 0.15) is 0 Å². The predicted octanol–water partition coefficient (Wildman–Crippen LogP) is 5.30. The van der Waals surface area contributed by atoms with E-state index in [0.29, 0.717) is 23.9 Å². The summed E-state index contributed by atoms with van der Waals surface area (Å²) in [5, 5.41) is 20.5. The van der Waals surface area contributed by atoms with E-state index in [0.717, 1.165) is 36.4 Å². The first-order valence-corrected chi connectivity index (χ1v) is 12.8. The number of aromatic nitrogens is 3. The lowest BCUT2D eigenvalue weighted by Gasteiger charge is -2.29. The van der Waals surface area contributed by atoms with Gasteiger partial charge in [0.2, 0.25) is 5.91 Å². The van der Waals surface area contributed by atoms with Gasteiger partial charge in [0.05, 0.1) is 4.92 Å². The number of nitro benzene ring substituents is 1. The molecule has 1 aliphatic rings. The van der Waals surface area contributed by atoms with E-state index in [4.69, 9.17) is 0 Å². The number of amides is 1. The number of benzene rings is 3. The summed E-state index contributed by atoms with van der Waals surface area (Å²) in [5.74, 6) is 1.52. The largest absolute Gasteiger partial charge is 0.338 e. The summed E-state index contributed by atoms with van der Waals surface area (Å²) < 4.78 is 1.95. The summed E-state index contributed by atoms with van der Waals surface area (Å²) in [4.78, 5) is 25.4. The Morgan fingerprint density at radius 2 is 1.67 bits per heavy atom. The normalized spacial score (nSPS) is 12.8. The number of fused-ring (bicyclic) bond motifs is 1. The molecular formula is C27H25N5O3S. The monoisotopic (exact) mass is 499 g/mol. The zero-order valence-electron chi connectivity index (χ0n) is 19.6. The molecular weight excluding hydrogens is 474 g/mol. The second-order valence-corrected chi connectivity index (χ2v) is 9.63. The number of para-hydroxylation sites is 1. The smallest absolute Gasteiger partial charge is 0.269 e. The third kappa shape index (κ3) is 5.16. The van der Waals surface area contributed by atoms with Crippen molar-refractivity contribution < 1.29 is 9.72 Å². The number of carbonyl (C=O) groups is 1. The van der Waals surface area contributed by atoms with Crippen LogP contribution in [0.2, 0.25) is 0 Å². The number of carbonyl (C=O) groups excluding carboxylic acids is 1. The van der Waals surface area contributed by atoms with Crippen LogP contribution >= 0.6 is 11.8 Å². The van der Waals surface area contributed by atoms with Gasteiger partial charge in [0, 0.05) is 48.6 Å². The van der Waals surface area contributed by atoms with E-state index in [1.54, 1.807) is 23.9 Å². The average Bonchev–Trinajstić information content (AvgIpc) is 3.35. The predicted molar refractivity (Wildman–Crippen MR) is 139 cm³/mol. The van der Waals surface area contributed by atoms with E-state index in [2.05, 4.69) is 28.4 Å². The second-order valence-electron chi connectivity index (χ2n) is 8.57. The third-order valence-corrected chi connectivity index (χ3v) is 7.25. The lowest BCUT2D eigenvalue weighted by atomic mass is 10.00. The molecule has 1 aromatic heterocycles. The third-order valence-electron chi connectivity index (χ3n) is 6.23. The minimum absolute atomic E-state index is 0.0287. The van der Waals surface area contributed by atoms with Gasteiger partial charge in [-0.3, -0.25) is 19.5 Å². The highest BCUT2D eigenvalue weighted by Gasteiger charge is 2.21. The van der Waals surface area contributed by atoms with E-state index in [-0.39, 0.29) is 11.6 Å². The van der Waals surface area contributed by atoms with Gasteiger partial charge in [0.15, 0.2) is 11.0 Å². The van der Waals surface area contributed by atoms with Crippen LogP contribution in [0.3, 0.4) is 0 Å². The van der Waals surface area contributed by atoms with Gasteiger partial charge in [-0.1, -0.05) is 54.2 Å².